The normalized spacial score (nSPS) is 17.0. The average molecular weight is 493 g/mol. The quantitative estimate of drug-likeness (QED) is 0.483. The van der Waals surface area contributed by atoms with Crippen molar-refractivity contribution in [3.63, 3.8) is 0 Å². The van der Waals surface area contributed by atoms with E-state index < -0.39 is 9.84 Å². The Balaban J connectivity index is 1.54. The second-order valence-corrected chi connectivity index (χ2v) is 11.7. The number of rotatable bonds is 6. The largest absolute Gasteiger partial charge is 0.316 e. The number of halogens is 1. The van der Waals surface area contributed by atoms with E-state index in [0.717, 1.165) is 47.9 Å². The van der Waals surface area contributed by atoms with Crippen molar-refractivity contribution in [2.24, 2.45) is 4.99 Å². The number of benzene rings is 2. The van der Waals surface area contributed by atoms with Crippen LogP contribution in [0, 0.1) is 0 Å². The summed E-state index contributed by atoms with van der Waals surface area (Å²) >= 11 is 7.56. The number of carbonyl (C=O) groups is 1. The minimum atomic E-state index is -3.58. The molecule has 2 aromatic carbocycles. The summed E-state index contributed by atoms with van der Waals surface area (Å²) < 4.78 is 28.4. The van der Waals surface area contributed by atoms with Gasteiger partial charge in [0.1, 0.15) is 0 Å². The molecule has 0 spiro atoms. The highest BCUT2D eigenvalue weighted by Crippen LogP contribution is 2.25. The van der Waals surface area contributed by atoms with Crippen LogP contribution in [-0.2, 0) is 21.3 Å². The summed E-state index contributed by atoms with van der Waals surface area (Å²) in [5, 5.41) is 4.27. The van der Waals surface area contributed by atoms with E-state index in [-0.39, 0.29) is 27.5 Å². The van der Waals surface area contributed by atoms with Crippen LogP contribution >= 0.6 is 22.9 Å². The lowest BCUT2D eigenvalue weighted by atomic mass is 10.1. The highest BCUT2D eigenvalue weighted by molar-refractivity contribution is 7.91. The van der Waals surface area contributed by atoms with E-state index in [1.165, 1.54) is 11.3 Å². The van der Waals surface area contributed by atoms with E-state index >= 15 is 0 Å². The predicted octanol–water partition coefficient (Wildman–Crippen LogP) is 4.24. The number of aromatic nitrogens is 1. The zero-order valence-corrected chi connectivity index (χ0v) is 20.4. The summed E-state index contributed by atoms with van der Waals surface area (Å²) in [6, 6.07) is 10.4. The highest BCUT2D eigenvalue weighted by atomic mass is 35.5. The van der Waals surface area contributed by atoms with E-state index in [4.69, 9.17) is 11.6 Å². The lowest BCUT2D eigenvalue weighted by Gasteiger charge is -2.39. The molecule has 3 aromatic rings. The molecule has 170 valence electrons. The lowest BCUT2D eigenvalue weighted by molar-refractivity contribution is -0.882. The van der Waals surface area contributed by atoms with Crippen LogP contribution in [0.5, 0.6) is 0 Å². The van der Waals surface area contributed by atoms with Crippen LogP contribution in [0.15, 0.2) is 57.9 Å². The fourth-order valence-electron chi connectivity index (χ4n) is 4.43. The van der Waals surface area contributed by atoms with E-state index in [1.54, 1.807) is 37.4 Å². The van der Waals surface area contributed by atoms with Crippen LogP contribution in [0.25, 0.3) is 10.8 Å². The number of fused-ring (bicyclic) bond motifs is 1. The summed E-state index contributed by atoms with van der Waals surface area (Å²) in [7, 11) is -1.84. The van der Waals surface area contributed by atoms with Gasteiger partial charge in [0.15, 0.2) is 21.3 Å². The van der Waals surface area contributed by atoms with Crippen LogP contribution in [0.4, 0.5) is 0 Å². The third-order valence-corrected chi connectivity index (χ3v) is 9.03. The third-order valence-electron chi connectivity index (χ3n) is 6.19. The Hall–Kier alpha value is -2.00. The van der Waals surface area contributed by atoms with Gasteiger partial charge >= 0.3 is 5.91 Å². The predicted molar refractivity (Wildman–Crippen MR) is 128 cm³/mol. The van der Waals surface area contributed by atoms with Crippen LogP contribution in [0.1, 0.15) is 25.7 Å². The Morgan fingerprint density at radius 2 is 1.84 bits per heavy atom. The molecule has 0 aliphatic carbocycles. The van der Waals surface area contributed by atoms with Gasteiger partial charge < -0.3 is 0 Å². The maximum atomic E-state index is 13.4. The Morgan fingerprint density at radius 1 is 1.12 bits per heavy atom. The number of quaternary nitrogens is 1. The Bertz CT molecular complexity index is 1310. The average Bonchev–Trinajstić information content (AvgIpc) is 3.24. The molecule has 0 saturated carbocycles. The van der Waals surface area contributed by atoms with Gasteiger partial charge in [-0.15, -0.1) is 11.3 Å². The molecule has 1 amide bonds. The SMILES string of the molecule is C/N=c1\sccn1C[N+]1(C(=O)CCS(=O)(=O)c2ccc3cc(Cl)ccc3c2)CCCCC1. The maximum Gasteiger partial charge on any atom is 0.316 e. The zero-order valence-electron chi connectivity index (χ0n) is 18.0. The minimum Gasteiger partial charge on any atom is -0.275 e. The van der Waals surface area contributed by atoms with E-state index in [9.17, 15) is 13.2 Å². The van der Waals surface area contributed by atoms with Crippen molar-refractivity contribution in [3.05, 3.63) is 57.8 Å². The van der Waals surface area contributed by atoms with Crippen molar-refractivity contribution in [2.45, 2.75) is 37.2 Å². The van der Waals surface area contributed by atoms with Crippen molar-refractivity contribution in [3.8, 4) is 0 Å². The molecule has 9 heteroatoms. The zero-order chi connectivity index (χ0) is 22.8. The summed E-state index contributed by atoms with van der Waals surface area (Å²) in [5.41, 5.74) is 0. The molecule has 1 aliphatic heterocycles. The minimum absolute atomic E-state index is 0.00425. The number of likely N-dealkylation sites (tertiary alicyclic amines) is 1. The first-order valence-corrected chi connectivity index (χ1v) is 13.6. The second kappa shape index (κ2) is 9.47. The number of piperidine rings is 1. The molecule has 1 fully saturated rings. The summed E-state index contributed by atoms with van der Waals surface area (Å²) in [6.45, 7) is 1.98. The van der Waals surface area contributed by atoms with Gasteiger partial charge in [-0.1, -0.05) is 23.7 Å². The molecule has 0 atom stereocenters. The van der Waals surface area contributed by atoms with Crippen LogP contribution in [-0.4, -0.2) is 49.3 Å². The topological polar surface area (TPSA) is 68.5 Å². The first-order valence-electron chi connectivity index (χ1n) is 10.7. The van der Waals surface area contributed by atoms with Crippen LogP contribution in [0.3, 0.4) is 0 Å². The molecule has 32 heavy (non-hydrogen) atoms. The number of hydrogen-bond donors (Lipinski definition) is 0. The molecule has 0 unspecified atom stereocenters. The van der Waals surface area contributed by atoms with Crippen LogP contribution < -0.4 is 4.80 Å². The molecule has 1 aromatic heterocycles. The fourth-order valence-corrected chi connectivity index (χ4v) is 6.56. The number of amides is 1. The second-order valence-electron chi connectivity index (χ2n) is 8.29. The standard InChI is InChI=1S/C23H27ClN3O3S2/c1-25-23-26(10-13-31-23)17-27(11-3-2-4-12-27)22(28)9-14-32(29,30)21-8-6-18-15-20(24)7-5-19(18)16-21/h5-8,10,13,15-16H,2-4,9,11-12,14,17H2,1H3/q+1/b25-23-. The summed E-state index contributed by atoms with van der Waals surface area (Å²) in [4.78, 5) is 18.8. The van der Waals surface area contributed by atoms with E-state index in [0.29, 0.717) is 11.7 Å². The Kier molecular flexibility index (Phi) is 6.86. The Morgan fingerprint density at radius 3 is 2.59 bits per heavy atom. The molecule has 2 heterocycles. The fraction of sp³-hybridized carbons (Fsp3) is 0.391. The molecule has 0 radical (unpaired) electrons. The van der Waals surface area contributed by atoms with Crippen LogP contribution in [0.2, 0.25) is 5.02 Å². The molecule has 1 saturated heterocycles. The third kappa shape index (κ3) is 4.83. The molecule has 0 bridgehead atoms. The van der Waals surface area contributed by atoms with Gasteiger partial charge in [-0.25, -0.2) is 17.7 Å². The van der Waals surface area contributed by atoms with Gasteiger partial charge in [0.25, 0.3) is 0 Å². The monoisotopic (exact) mass is 492 g/mol. The van der Waals surface area contributed by atoms with Gasteiger partial charge in [-0.3, -0.25) is 9.56 Å². The van der Waals surface area contributed by atoms with E-state index in [1.807, 2.05) is 22.2 Å². The first kappa shape index (κ1) is 23.2. The van der Waals surface area contributed by atoms with Gasteiger partial charge in [0, 0.05) is 23.6 Å². The van der Waals surface area contributed by atoms with Gasteiger partial charge in [-0.05, 0) is 54.3 Å². The van der Waals surface area contributed by atoms with Crippen molar-refractivity contribution in [1.82, 2.24) is 4.57 Å². The lowest BCUT2D eigenvalue weighted by Crippen LogP contribution is -2.57. The van der Waals surface area contributed by atoms with Gasteiger partial charge in [-0.2, -0.15) is 0 Å². The molecule has 4 rings (SSSR count). The first-order chi connectivity index (χ1) is 15.3. The Labute approximate surface area is 197 Å². The molecule has 1 aliphatic rings. The molecular weight excluding hydrogens is 466 g/mol. The van der Waals surface area contributed by atoms with Crippen molar-refractivity contribution >= 4 is 49.5 Å². The number of thiazole rings is 1. The van der Waals surface area contributed by atoms with Gasteiger partial charge in [0.2, 0.25) is 0 Å². The number of sulfone groups is 1. The summed E-state index contributed by atoms with van der Waals surface area (Å²) in [5.74, 6) is -0.203. The number of nitrogens with zero attached hydrogens (tertiary/aromatic N) is 3. The number of hydrogen-bond acceptors (Lipinski definition) is 5. The van der Waals surface area contributed by atoms with E-state index in [2.05, 4.69) is 4.99 Å². The van der Waals surface area contributed by atoms with Crippen molar-refractivity contribution < 1.29 is 17.7 Å². The maximum absolute atomic E-state index is 13.4. The smallest absolute Gasteiger partial charge is 0.275 e. The number of carbonyl (C=O) groups excluding carboxylic acids is 1. The van der Waals surface area contributed by atoms with Crippen molar-refractivity contribution in [2.75, 3.05) is 25.9 Å². The summed E-state index contributed by atoms with van der Waals surface area (Å²) in [6.07, 6.45) is 4.99. The molecule has 0 N–H and O–H groups in total. The molecule has 6 nitrogen and oxygen atoms in total. The van der Waals surface area contributed by atoms with Crippen molar-refractivity contribution in [1.29, 1.82) is 0 Å². The highest BCUT2D eigenvalue weighted by Gasteiger charge is 2.39. The van der Waals surface area contributed by atoms with Gasteiger partial charge in [0.05, 0.1) is 30.2 Å². The molecular formula is C23H27ClN3O3S2+.